The Morgan fingerprint density at radius 3 is 1.52 bits per heavy atom. The van der Waals surface area contributed by atoms with Crippen molar-refractivity contribution in [2.45, 2.75) is 216 Å². The van der Waals surface area contributed by atoms with Gasteiger partial charge in [0.05, 0.1) is 31.7 Å². The molecule has 0 radical (unpaired) electrons. The van der Waals surface area contributed by atoms with Crippen LogP contribution in [0.25, 0.3) is 21.8 Å². The Bertz CT molecular complexity index is 4970. The van der Waals surface area contributed by atoms with Crippen molar-refractivity contribution in [3.8, 4) is 5.75 Å². The second kappa shape index (κ2) is 48.1. The molecule has 14 atom stereocenters. The number of rotatable bonds is 23. The van der Waals surface area contributed by atoms with Crippen LogP contribution in [0.3, 0.4) is 0 Å². The number of hydrogen-bond donors (Lipinski definition) is 20. The third kappa shape index (κ3) is 28.3. The molecule has 3 aliphatic rings. The van der Waals surface area contributed by atoms with Gasteiger partial charge in [-0.1, -0.05) is 82.1 Å². The molecule has 706 valence electrons. The molecule has 18 amide bonds. The number of likely N-dealkylation sites (N-methyl/N-ethyl adjacent to an activating group) is 3. The zero-order chi connectivity index (χ0) is 95.5. The van der Waals surface area contributed by atoms with Crippen molar-refractivity contribution >= 4 is 146 Å². The van der Waals surface area contributed by atoms with Gasteiger partial charge in [-0.05, 0) is 112 Å². The molecule has 3 aliphatic heterocycles. The lowest BCUT2D eigenvalue weighted by atomic mass is 10.0. The largest absolute Gasteiger partial charge is 0.508 e. The number of aromatic nitrogens is 2. The summed E-state index contributed by atoms with van der Waals surface area (Å²) in [5, 5.41) is 58.8. The van der Waals surface area contributed by atoms with Crippen LogP contribution in [-0.4, -0.2) is 307 Å². The summed E-state index contributed by atoms with van der Waals surface area (Å²) < 4.78 is 0. The van der Waals surface area contributed by atoms with E-state index in [2.05, 4.69) is 68.5 Å². The van der Waals surface area contributed by atoms with Gasteiger partial charge < -0.3 is 126 Å². The molecule has 3 saturated heterocycles. The molecule has 0 unspecified atom stereocenters. The van der Waals surface area contributed by atoms with Crippen LogP contribution < -0.4 is 81.4 Å². The number of nitrogens with zero attached hydrogens (tertiary/aromatic N) is 5. The Morgan fingerprint density at radius 1 is 0.508 bits per heavy atom. The SMILES string of the molecule is CCCC[C@H]1C(=O)N(C)[C@@H](C)C(=O)N[C@@H](CCCNC(=N)N)C(=O)N[C@H](C(=O)NCC(N)=O)CSCC(=O)N[C@@H](Cc2ccc(O)cc2)C(=O)N(C)[C@@H](C)C(=O)N[C@H](CC(N)=O)C(=O)N2CCC[C@H]2C(=O)N[C@@H](CC(N)=O)C(=O)N[C@@H](CC(C)C)C(=O)N2CCC[C@H]2C(=O)N[C@@H](Cc2c[nH]c3ccccc23)C(=O)N[C@@H](CO)C(=O)N[C@@H](Cc2c[nH]c3ccccc23)C(=O)N1C. The molecule has 3 fully saturated rings. The maximum absolute atomic E-state index is 15.6. The Kier molecular flexibility index (Phi) is 37.7. The van der Waals surface area contributed by atoms with Gasteiger partial charge in [0.15, 0.2) is 5.96 Å². The number of phenolic OH excluding ortho intramolecular Hbond substituents is 1. The molecule has 0 spiro atoms. The number of H-pyrrole nitrogens is 2. The Labute approximate surface area is 754 Å². The van der Waals surface area contributed by atoms with Gasteiger partial charge >= 0.3 is 0 Å². The van der Waals surface area contributed by atoms with E-state index in [1.54, 1.807) is 74.8 Å². The number of carbonyl (C=O) groups is 18. The number of thioether (sulfide) groups is 1. The summed E-state index contributed by atoms with van der Waals surface area (Å²) >= 11 is 0.744. The first-order valence-corrected chi connectivity index (χ1v) is 44.3. The number of para-hydroxylation sites is 2. The monoisotopic (exact) mass is 1830 g/mol. The van der Waals surface area contributed by atoms with E-state index < -0.39 is 234 Å². The van der Waals surface area contributed by atoms with Crippen LogP contribution in [0.1, 0.15) is 128 Å². The molecule has 24 N–H and O–H groups in total. The average Bonchev–Trinajstić information content (AvgIpc) is 1.54. The zero-order valence-corrected chi connectivity index (χ0v) is 74.8. The Morgan fingerprint density at radius 2 is 0.977 bits per heavy atom. The van der Waals surface area contributed by atoms with Crippen LogP contribution in [0.4, 0.5) is 0 Å². The number of primary amides is 3. The van der Waals surface area contributed by atoms with Gasteiger partial charge in [0.1, 0.15) is 90.3 Å². The highest BCUT2D eigenvalue weighted by atomic mass is 32.2. The molecule has 5 heterocycles. The lowest BCUT2D eigenvalue weighted by molar-refractivity contribution is -0.149. The van der Waals surface area contributed by atoms with Crippen molar-refractivity contribution in [1.82, 2.24) is 93.0 Å². The molecule has 130 heavy (non-hydrogen) atoms. The summed E-state index contributed by atoms with van der Waals surface area (Å²) in [5.41, 5.74) is 25.0. The molecule has 0 saturated carbocycles. The summed E-state index contributed by atoms with van der Waals surface area (Å²) in [6.07, 6.45) is 1.55. The van der Waals surface area contributed by atoms with Gasteiger partial charge in [-0.3, -0.25) is 91.7 Å². The van der Waals surface area contributed by atoms with Gasteiger partial charge in [0.2, 0.25) is 106 Å². The predicted molar refractivity (Wildman–Crippen MR) is 476 cm³/mol. The van der Waals surface area contributed by atoms with Crippen molar-refractivity contribution < 1.29 is 96.5 Å². The third-order valence-corrected chi connectivity index (χ3v) is 24.1. The van der Waals surface area contributed by atoms with E-state index in [9.17, 15) is 67.7 Å². The van der Waals surface area contributed by atoms with Crippen LogP contribution in [0.5, 0.6) is 5.75 Å². The summed E-state index contributed by atoms with van der Waals surface area (Å²) in [6, 6.07) is -2.40. The number of nitrogens with two attached hydrogens (primary N) is 4. The van der Waals surface area contributed by atoms with Crippen molar-refractivity contribution in [2.75, 3.05) is 65.4 Å². The number of unbranched alkanes of at least 4 members (excludes halogenated alkanes) is 1. The van der Waals surface area contributed by atoms with Gasteiger partial charge in [-0.2, -0.15) is 0 Å². The van der Waals surface area contributed by atoms with Crippen LogP contribution in [0.2, 0.25) is 0 Å². The Balaban J connectivity index is 1.17. The zero-order valence-electron chi connectivity index (χ0n) is 74.0. The van der Waals surface area contributed by atoms with Crippen molar-refractivity contribution in [3.05, 3.63) is 102 Å². The lowest BCUT2D eigenvalue weighted by Gasteiger charge is -2.35. The molecule has 0 bridgehead atoms. The smallest absolute Gasteiger partial charge is 0.246 e. The number of fused-ring (bicyclic) bond motifs is 4. The number of carbonyl (C=O) groups excluding carboxylic acids is 18. The van der Waals surface area contributed by atoms with E-state index >= 15 is 28.8 Å². The number of phenols is 1. The first-order valence-electron chi connectivity index (χ1n) is 43.1. The summed E-state index contributed by atoms with van der Waals surface area (Å²) in [4.78, 5) is 271. The standard InChI is InChI=1S/C86H121N23O20S/c1-9-10-23-67-85(129)106(7)47(5)72(116)97-56(22-15-30-92-86(90)91)75(119)104-64(74(118)95-41-70(89)114)43-130-44-71(115)96-60(34-48-26-28-51(111)29-27-48)81(125)105(6)46(4)73(117)100-62(38-69(88)113)84(128)109-32-17-25-66(109)80(124)99-58(37-68(87)112)77(121)101-59(33-45(2)3)83(127)108-31-16-24-65(108)79(123)98-57(35-49-39-93-54-20-13-11-18-52(49)54)76(120)103-63(42-110)78(122)102-61(82(126)107(67)8)36-50-40-94-55-21-14-12-19-53(50)55/h11-14,18-21,26-29,39-40,45-47,56-67,93-94,110-111H,9-10,15-17,22-25,30-38,41-44H2,1-8H3,(H2,87,112)(H2,88,113)(H2,89,114)(H,95,118)(H,96,115)(H,97,116)(H,98,123)(H,99,124)(H,100,117)(H,101,121)(H,102,122)(H,103,120)(H,104,119)(H4,90,91,92)/t46-,47-,56-,57-,58-,59-,60-,61-,62+,63-,64-,65-,66-,67-/m0/s1. The molecule has 5 aromatic rings. The average molecular weight is 1830 g/mol. The number of aliphatic hydroxyl groups is 1. The van der Waals surface area contributed by atoms with Gasteiger partial charge in [0, 0.05) is 100.0 Å². The molecular weight excluding hydrogens is 1710 g/mol. The fourth-order valence-corrected chi connectivity index (χ4v) is 16.6. The number of aromatic hydroxyl groups is 1. The summed E-state index contributed by atoms with van der Waals surface area (Å²) in [6.45, 7) is 5.83. The van der Waals surface area contributed by atoms with Crippen molar-refractivity contribution in [2.24, 2.45) is 28.9 Å². The minimum Gasteiger partial charge on any atom is -0.508 e. The van der Waals surface area contributed by atoms with E-state index in [0.717, 1.165) is 31.4 Å². The second-order valence-electron chi connectivity index (χ2n) is 33.2. The second-order valence-corrected chi connectivity index (χ2v) is 34.2. The number of aliphatic hydroxyl groups excluding tert-OH is 1. The summed E-state index contributed by atoms with van der Waals surface area (Å²) in [7, 11) is 3.80. The van der Waals surface area contributed by atoms with E-state index in [4.69, 9.17) is 28.3 Å². The number of benzene rings is 3. The fourth-order valence-electron chi connectivity index (χ4n) is 15.7. The normalized spacial score (nSPS) is 24.6. The highest BCUT2D eigenvalue weighted by Crippen LogP contribution is 2.27. The molecule has 8 rings (SSSR count). The van der Waals surface area contributed by atoms with E-state index in [0.29, 0.717) is 51.3 Å². The minimum absolute atomic E-state index is 0.0148. The highest BCUT2D eigenvalue weighted by Gasteiger charge is 2.45. The number of hydrogen-bond acceptors (Lipinski definition) is 22. The molecule has 3 aromatic carbocycles. The topological polar surface area (TPSA) is 656 Å². The van der Waals surface area contributed by atoms with Crippen LogP contribution in [-0.2, 0) is 106 Å². The molecule has 0 aliphatic carbocycles. The number of aromatic amines is 2. The lowest BCUT2D eigenvalue weighted by Crippen LogP contribution is -2.61. The molecule has 2 aromatic heterocycles. The van der Waals surface area contributed by atoms with Crippen molar-refractivity contribution in [1.29, 1.82) is 5.41 Å². The van der Waals surface area contributed by atoms with Gasteiger partial charge in [0.25, 0.3) is 0 Å². The minimum atomic E-state index is -1.87. The van der Waals surface area contributed by atoms with E-state index in [-0.39, 0.29) is 102 Å². The third-order valence-electron chi connectivity index (χ3n) is 23.1. The summed E-state index contributed by atoms with van der Waals surface area (Å²) in [5.74, 6) is -19.4. The first-order chi connectivity index (χ1) is 61.7. The quantitative estimate of drug-likeness (QED) is 0.0168. The molecular formula is C86H121N23O20S. The fraction of sp³-hybridized carbons (Fsp3) is 0.523. The van der Waals surface area contributed by atoms with E-state index in [1.165, 1.54) is 64.2 Å². The molecule has 44 heteroatoms. The molecule has 43 nitrogen and oxygen atoms in total. The highest BCUT2D eigenvalue weighted by molar-refractivity contribution is 8.00. The first kappa shape index (κ1) is 102. The number of guanidine groups is 1. The van der Waals surface area contributed by atoms with Gasteiger partial charge in [-0.25, -0.2) is 0 Å². The number of nitrogens with one attached hydrogen (secondary N) is 14. The van der Waals surface area contributed by atoms with Crippen LogP contribution in [0.15, 0.2) is 85.2 Å². The Hall–Kier alpha value is -13.4. The predicted octanol–water partition coefficient (Wildman–Crippen LogP) is -4.16. The maximum Gasteiger partial charge on any atom is 0.246 e. The van der Waals surface area contributed by atoms with Gasteiger partial charge in [-0.15, -0.1) is 11.8 Å². The van der Waals surface area contributed by atoms with Crippen LogP contribution in [0, 0.1) is 11.3 Å². The number of amides is 18. The van der Waals surface area contributed by atoms with Crippen molar-refractivity contribution in [3.63, 3.8) is 0 Å². The van der Waals surface area contributed by atoms with Crippen LogP contribution >= 0.6 is 11.8 Å². The maximum atomic E-state index is 15.6. The van der Waals surface area contributed by atoms with E-state index in [1.807, 2.05) is 6.92 Å².